The first-order valence-electron chi connectivity index (χ1n) is 19.1. The van der Waals surface area contributed by atoms with Crippen LogP contribution >= 0.6 is 11.3 Å². The number of thiophene rings is 1. The summed E-state index contributed by atoms with van der Waals surface area (Å²) in [5, 5.41) is 2.58. The van der Waals surface area contributed by atoms with E-state index in [-0.39, 0.29) is 0 Å². The molecule has 10 aromatic rings. The summed E-state index contributed by atoms with van der Waals surface area (Å²) in [6, 6.07) is 81.2. The molecular formula is C54H37NS. The van der Waals surface area contributed by atoms with Gasteiger partial charge < -0.3 is 4.90 Å². The molecule has 1 aromatic heterocycles. The van der Waals surface area contributed by atoms with E-state index >= 15 is 0 Å². The van der Waals surface area contributed by atoms with Gasteiger partial charge in [0.15, 0.2) is 0 Å². The van der Waals surface area contributed by atoms with Gasteiger partial charge in [-0.1, -0.05) is 188 Å². The first-order valence-corrected chi connectivity index (χ1v) is 19.9. The smallest absolute Gasteiger partial charge is 0.0640 e. The Kier molecular flexibility index (Phi) is 8.79. The molecule has 2 heteroatoms. The molecule has 0 saturated carbocycles. The van der Waals surface area contributed by atoms with Gasteiger partial charge in [0.2, 0.25) is 0 Å². The molecule has 0 bridgehead atoms. The molecular weight excluding hydrogens is 695 g/mol. The molecule has 1 heterocycles. The number of anilines is 3. The monoisotopic (exact) mass is 731 g/mol. The predicted octanol–water partition coefficient (Wildman–Crippen LogP) is 15.9. The summed E-state index contributed by atoms with van der Waals surface area (Å²) in [6.07, 6.45) is 0. The molecule has 10 rings (SSSR count). The van der Waals surface area contributed by atoms with Crippen molar-refractivity contribution in [1.29, 1.82) is 0 Å². The van der Waals surface area contributed by atoms with Crippen LogP contribution in [-0.2, 0) is 0 Å². The Balaban J connectivity index is 1.09. The third-order valence-corrected chi connectivity index (χ3v) is 11.9. The topological polar surface area (TPSA) is 3.24 Å². The third kappa shape index (κ3) is 6.17. The van der Waals surface area contributed by atoms with Crippen molar-refractivity contribution in [2.45, 2.75) is 0 Å². The fourth-order valence-corrected chi connectivity index (χ4v) is 9.28. The van der Waals surface area contributed by atoms with Crippen LogP contribution in [0.15, 0.2) is 224 Å². The number of hydrogen-bond donors (Lipinski definition) is 0. The van der Waals surface area contributed by atoms with Crippen LogP contribution in [0.2, 0.25) is 0 Å². The fourth-order valence-electron chi connectivity index (χ4n) is 8.08. The lowest BCUT2D eigenvalue weighted by Gasteiger charge is -2.27. The van der Waals surface area contributed by atoms with E-state index in [4.69, 9.17) is 0 Å². The Bertz CT molecular complexity index is 2940. The second-order valence-corrected chi connectivity index (χ2v) is 15.1. The van der Waals surface area contributed by atoms with Crippen molar-refractivity contribution in [2.24, 2.45) is 0 Å². The van der Waals surface area contributed by atoms with Crippen molar-refractivity contribution in [3.05, 3.63) is 224 Å². The summed E-state index contributed by atoms with van der Waals surface area (Å²) < 4.78 is 2.57. The zero-order valence-corrected chi connectivity index (χ0v) is 31.5. The summed E-state index contributed by atoms with van der Waals surface area (Å²) in [7, 11) is 0. The van der Waals surface area contributed by atoms with Crippen LogP contribution in [0.1, 0.15) is 0 Å². The summed E-state index contributed by atoms with van der Waals surface area (Å²) >= 11 is 1.86. The molecule has 0 fully saturated rings. The van der Waals surface area contributed by atoms with Gasteiger partial charge in [0.25, 0.3) is 0 Å². The van der Waals surface area contributed by atoms with E-state index in [1.54, 1.807) is 0 Å². The van der Waals surface area contributed by atoms with Crippen molar-refractivity contribution in [2.75, 3.05) is 4.90 Å². The number of fused-ring (bicyclic) bond motifs is 3. The molecule has 0 aliphatic heterocycles. The molecule has 0 atom stereocenters. The maximum Gasteiger partial charge on any atom is 0.0640 e. The predicted molar refractivity (Wildman–Crippen MR) is 241 cm³/mol. The second-order valence-electron chi connectivity index (χ2n) is 14.1. The van der Waals surface area contributed by atoms with E-state index in [1.165, 1.54) is 81.5 Å². The molecule has 0 amide bonds. The highest BCUT2D eigenvalue weighted by molar-refractivity contribution is 7.26. The van der Waals surface area contributed by atoms with Gasteiger partial charge in [-0.3, -0.25) is 0 Å². The van der Waals surface area contributed by atoms with Crippen molar-refractivity contribution in [3.8, 4) is 55.6 Å². The molecule has 0 N–H and O–H groups in total. The number of rotatable bonds is 8. The SMILES string of the molecule is c1ccc(-c2ccccc2-c2ccc(N(c3ccc(-c4ccccc4-c4ccccc4-c4ccccc4)cc3)c3cccc4c3sc3ccccc34)cc2)cc1. The second kappa shape index (κ2) is 14.7. The first-order chi connectivity index (χ1) is 27.8. The Morgan fingerprint density at radius 1 is 0.268 bits per heavy atom. The van der Waals surface area contributed by atoms with Crippen molar-refractivity contribution >= 4 is 48.6 Å². The summed E-state index contributed by atoms with van der Waals surface area (Å²) in [5.41, 5.74) is 15.5. The van der Waals surface area contributed by atoms with Crippen LogP contribution in [0.5, 0.6) is 0 Å². The van der Waals surface area contributed by atoms with E-state index in [9.17, 15) is 0 Å². The minimum absolute atomic E-state index is 1.11. The van der Waals surface area contributed by atoms with Gasteiger partial charge in [-0.05, 0) is 92.0 Å². The zero-order chi connectivity index (χ0) is 37.3. The maximum atomic E-state index is 2.42. The number of nitrogens with zero attached hydrogens (tertiary/aromatic N) is 1. The lowest BCUT2D eigenvalue weighted by atomic mass is 9.89. The van der Waals surface area contributed by atoms with Crippen LogP contribution in [0.4, 0.5) is 17.1 Å². The van der Waals surface area contributed by atoms with Crippen molar-refractivity contribution in [1.82, 2.24) is 0 Å². The van der Waals surface area contributed by atoms with Crippen LogP contribution in [-0.4, -0.2) is 0 Å². The lowest BCUT2D eigenvalue weighted by Crippen LogP contribution is -2.10. The fraction of sp³-hybridized carbons (Fsp3) is 0. The van der Waals surface area contributed by atoms with Gasteiger partial charge in [0, 0.05) is 26.8 Å². The molecule has 9 aromatic carbocycles. The number of hydrogen-bond acceptors (Lipinski definition) is 2. The van der Waals surface area contributed by atoms with Crippen LogP contribution in [0.25, 0.3) is 75.8 Å². The van der Waals surface area contributed by atoms with E-state index < -0.39 is 0 Å². The Hall–Kier alpha value is -7.00. The van der Waals surface area contributed by atoms with E-state index in [2.05, 4.69) is 229 Å². The molecule has 56 heavy (non-hydrogen) atoms. The molecule has 0 spiro atoms. The molecule has 0 aliphatic rings. The van der Waals surface area contributed by atoms with Crippen molar-refractivity contribution < 1.29 is 0 Å². The van der Waals surface area contributed by atoms with Crippen LogP contribution in [0, 0.1) is 0 Å². The van der Waals surface area contributed by atoms with Gasteiger partial charge in [-0.25, -0.2) is 0 Å². The summed E-state index contributed by atoms with van der Waals surface area (Å²) in [4.78, 5) is 2.42. The van der Waals surface area contributed by atoms with Gasteiger partial charge in [0.05, 0.1) is 10.4 Å². The van der Waals surface area contributed by atoms with Gasteiger partial charge in [0.1, 0.15) is 0 Å². The molecule has 0 radical (unpaired) electrons. The van der Waals surface area contributed by atoms with Gasteiger partial charge in [-0.15, -0.1) is 11.3 Å². The first kappa shape index (κ1) is 33.6. The largest absolute Gasteiger partial charge is 0.309 e. The van der Waals surface area contributed by atoms with Gasteiger partial charge >= 0.3 is 0 Å². The minimum Gasteiger partial charge on any atom is -0.309 e. The normalized spacial score (nSPS) is 11.2. The van der Waals surface area contributed by atoms with E-state index in [0.29, 0.717) is 0 Å². The third-order valence-electron chi connectivity index (χ3n) is 10.7. The number of benzene rings is 9. The zero-order valence-electron chi connectivity index (χ0n) is 30.7. The average molecular weight is 732 g/mol. The standard InChI is InChI=1S/C54H37NS/c1-3-16-38(17-4-1)44-20-7-8-21-45(44)40-30-34-42(35-31-40)55(52-28-15-27-51-50-26-13-14-29-53(50)56-54(51)52)43-36-32-41(33-37-43)47-23-10-12-25-49(47)48-24-11-9-22-46(48)39-18-5-2-6-19-39/h1-37H. The molecule has 0 saturated heterocycles. The summed E-state index contributed by atoms with van der Waals surface area (Å²) in [5.74, 6) is 0. The quantitative estimate of drug-likeness (QED) is 0.150. The highest BCUT2D eigenvalue weighted by Crippen LogP contribution is 2.46. The highest BCUT2D eigenvalue weighted by atomic mass is 32.1. The maximum absolute atomic E-state index is 2.42. The van der Waals surface area contributed by atoms with Crippen LogP contribution < -0.4 is 4.90 Å². The lowest BCUT2D eigenvalue weighted by molar-refractivity contribution is 1.30. The molecule has 0 unspecified atom stereocenters. The van der Waals surface area contributed by atoms with E-state index in [1.807, 2.05) is 11.3 Å². The Morgan fingerprint density at radius 3 is 1.14 bits per heavy atom. The average Bonchev–Trinajstić information content (AvgIpc) is 3.67. The Labute approximate surface area is 332 Å². The van der Waals surface area contributed by atoms with Gasteiger partial charge in [-0.2, -0.15) is 0 Å². The minimum atomic E-state index is 1.11. The van der Waals surface area contributed by atoms with Crippen LogP contribution in [0.3, 0.4) is 0 Å². The Morgan fingerprint density at radius 2 is 0.643 bits per heavy atom. The molecule has 264 valence electrons. The molecule has 0 aliphatic carbocycles. The highest BCUT2D eigenvalue weighted by Gasteiger charge is 2.19. The van der Waals surface area contributed by atoms with Crippen molar-refractivity contribution in [3.63, 3.8) is 0 Å². The van der Waals surface area contributed by atoms with E-state index in [0.717, 1.165) is 11.4 Å². The molecule has 1 nitrogen and oxygen atoms in total. The summed E-state index contributed by atoms with van der Waals surface area (Å²) in [6.45, 7) is 0.